The molecule has 0 aliphatic heterocycles. The summed E-state index contributed by atoms with van der Waals surface area (Å²) in [7, 11) is 0. The molecule has 0 amide bonds. The van der Waals surface area contributed by atoms with E-state index in [1.165, 1.54) is 18.2 Å². The first kappa shape index (κ1) is 14.6. The van der Waals surface area contributed by atoms with Crippen molar-refractivity contribution in [2.45, 2.75) is 18.9 Å². The first-order valence-electron chi connectivity index (χ1n) is 6.42. The molecular formula is C16H17F2NO. The van der Waals surface area contributed by atoms with E-state index in [2.05, 4.69) is 0 Å². The summed E-state index contributed by atoms with van der Waals surface area (Å²) in [6.07, 6.45) is -1.06. The second-order valence-electron chi connectivity index (χ2n) is 4.86. The summed E-state index contributed by atoms with van der Waals surface area (Å²) in [6.45, 7) is 1.96. The first-order chi connectivity index (χ1) is 9.52. The molecule has 0 aromatic heterocycles. The van der Waals surface area contributed by atoms with Crippen molar-refractivity contribution in [1.82, 2.24) is 0 Å². The molecule has 0 radical (unpaired) electrons. The third-order valence-corrected chi connectivity index (χ3v) is 3.40. The summed E-state index contributed by atoms with van der Waals surface area (Å²) in [6, 6.07) is 10.3. The molecule has 0 bridgehead atoms. The Hall–Kier alpha value is -1.78. The van der Waals surface area contributed by atoms with Gasteiger partial charge in [0, 0.05) is 18.0 Å². The second-order valence-corrected chi connectivity index (χ2v) is 4.86. The summed E-state index contributed by atoms with van der Waals surface area (Å²) in [4.78, 5) is 0. The first-order valence-corrected chi connectivity index (χ1v) is 6.42. The van der Waals surface area contributed by atoms with Gasteiger partial charge in [-0.05, 0) is 30.7 Å². The molecule has 20 heavy (non-hydrogen) atoms. The lowest BCUT2D eigenvalue weighted by molar-refractivity contribution is 0.143. The number of rotatable bonds is 4. The van der Waals surface area contributed by atoms with E-state index in [9.17, 15) is 13.9 Å². The molecule has 0 heterocycles. The molecule has 2 aromatic carbocycles. The third-order valence-electron chi connectivity index (χ3n) is 3.40. The van der Waals surface area contributed by atoms with Gasteiger partial charge < -0.3 is 10.8 Å². The Kier molecular flexibility index (Phi) is 4.47. The lowest BCUT2D eigenvalue weighted by Gasteiger charge is -2.23. The molecule has 106 valence electrons. The van der Waals surface area contributed by atoms with Gasteiger partial charge in [-0.15, -0.1) is 0 Å². The molecule has 0 spiro atoms. The van der Waals surface area contributed by atoms with Crippen molar-refractivity contribution >= 4 is 0 Å². The number of hydrogen-bond donors (Lipinski definition) is 2. The van der Waals surface area contributed by atoms with E-state index in [4.69, 9.17) is 5.73 Å². The predicted octanol–water partition coefficient (Wildman–Crippen LogP) is 3.05. The van der Waals surface area contributed by atoms with E-state index < -0.39 is 17.8 Å². The number of aryl methyl sites for hydroxylation is 1. The number of benzene rings is 2. The summed E-state index contributed by atoms with van der Waals surface area (Å²) in [5.41, 5.74) is 7.45. The van der Waals surface area contributed by atoms with Crippen LogP contribution >= 0.6 is 0 Å². The van der Waals surface area contributed by atoms with Crippen LogP contribution in [0.4, 0.5) is 8.78 Å². The van der Waals surface area contributed by atoms with Crippen LogP contribution in [-0.2, 0) is 0 Å². The maximum absolute atomic E-state index is 13.8. The quantitative estimate of drug-likeness (QED) is 0.902. The number of nitrogens with two attached hydrogens (primary N) is 1. The minimum absolute atomic E-state index is 0.139. The van der Waals surface area contributed by atoms with Crippen LogP contribution in [0.5, 0.6) is 0 Å². The lowest BCUT2D eigenvalue weighted by Crippen LogP contribution is -2.21. The smallest absolute Gasteiger partial charge is 0.129 e. The molecule has 2 aromatic rings. The SMILES string of the molecule is Cc1ccc(F)c(C(O)C(CN)c2ccc(F)cc2)c1. The van der Waals surface area contributed by atoms with E-state index in [1.54, 1.807) is 24.3 Å². The molecule has 0 aliphatic rings. The van der Waals surface area contributed by atoms with Crippen molar-refractivity contribution in [3.05, 3.63) is 70.8 Å². The summed E-state index contributed by atoms with van der Waals surface area (Å²) in [5, 5.41) is 10.4. The molecule has 2 nitrogen and oxygen atoms in total. The zero-order valence-electron chi connectivity index (χ0n) is 11.2. The largest absolute Gasteiger partial charge is 0.388 e. The van der Waals surface area contributed by atoms with Gasteiger partial charge >= 0.3 is 0 Å². The van der Waals surface area contributed by atoms with Crippen LogP contribution < -0.4 is 5.73 Å². The molecule has 4 heteroatoms. The van der Waals surface area contributed by atoms with Gasteiger partial charge in [-0.25, -0.2) is 8.78 Å². The van der Waals surface area contributed by atoms with Crippen molar-refractivity contribution in [2.75, 3.05) is 6.54 Å². The monoisotopic (exact) mass is 277 g/mol. The minimum Gasteiger partial charge on any atom is -0.388 e. The average molecular weight is 277 g/mol. The minimum atomic E-state index is -1.06. The highest BCUT2D eigenvalue weighted by atomic mass is 19.1. The summed E-state index contributed by atoms with van der Waals surface area (Å²) < 4.78 is 26.8. The summed E-state index contributed by atoms with van der Waals surface area (Å²) in [5.74, 6) is -1.31. The maximum atomic E-state index is 13.8. The third kappa shape index (κ3) is 3.03. The Balaban J connectivity index is 2.35. The highest BCUT2D eigenvalue weighted by Crippen LogP contribution is 2.32. The van der Waals surface area contributed by atoms with Crippen LogP contribution in [0.1, 0.15) is 28.7 Å². The zero-order chi connectivity index (χ0) is 14.7. The fourth-order valence-electron chi connectivity index (χ4n) is 2.26. The second kappa shape index (κ2) is 6.11. The Morgan fingerprint density at radius 1 is 1.10 bits per heavy atom. The van der Waals surface area contributed by atoms with Gasteiger partial charge in [0.1, 0.15) is 11.6 Å². The van der Waals surface area contributed by atoms with E-state index in [0.717, 1.165) is 5.56 Å². The molecule has 2 rings (SSSR count). The zero-order valence-corrected chi connectivity index (χ0v) is 11.2. The van der Waals surface area contributed by atoms with Crippen molar-refractivity contribution in [3.63, 3.8) is 0 Å². The van der Waals surface area contributed by atoms with Gasteiger partial charge in [0.25, 0.3) is 0 Å². The Labute approximate surface area is 116 Å². The van der Waals surface area contributed by atoms with Crippen LogP contribution in [0.3, 0.4) is 0 Å². The van der Waals surface area contributed by atoms with Gasteiger partial charge in [0.15, 0.2) is 0 Å². The molecular weight excluding hydrogens is 260 g/mol. The summed E-state index contributed by atoms with van der Waals surface area (Å²) >= 11 is 0. The van der Waals surface area contributed by atoms with Gasteiger partial charge in [0.2, 0.25) is 0 Å². The molecule has 2 unspecified atom stereocenters. The van der Waals surface area contributed by atoms with Crippen LogP contribution in [0.2, 0.25) is 0 Å². The van der Waals surface area contributed by atoms with E-state index in [0.29, 0.717) is 5.56 Å². The van der Waals surface area contributed by atoms with Gasteiger partial charge in [-0.1, -0.05) is 29.8 Å². The average Bonchev–Trinajstić information content (AvgIpc) is 2.44. The highest BCUT2D eigenvalue weighted by molar-refractivity contribution is 5.31. The number of halogens is 2. The fourth-order valence-corrected chi connectivity index (χ4v) is 2.26. The Morgan fingerprint density at radius 3 is 2.35 bits per heavy atom. The van der Waals surface area contributed by atoms with Crippen LogP contribution in [0.15, 0.2) is 42.5 Å². The normalized spacial score (nSPS) is 14.1. The lowest BCUT2D eigenvalue weighted by atomic mass is 9.88. The standard InChI is InChI=1S/C16H17F2NO/c1-10-2-7-15(18)13(8-10)16(20)14(9-19)11-3-5-12(17)6-4-11/h2-8,14,16,20H,9,19H2,1H3. The highest BCUT2D eigenvalue weighted by Gasteiger charge is 2.24. The Bertz CT molecular complexity index is 584. The fraction of sp³-hybridized carbons (Fsp3) is 0.250. The number of aliphatic hydroxyl groups is 1. The van der Waals surface area contributed by atoms with Gasteiger partial charge in [0.05, 0.1) is 6.10 Å². The van der Waals surface area contributed by atoms with E-state index in [-0.39, 0.29) is 17.9 Å². The number of aliphatic hydroxyl groups excluding tert-OH is 1. The van der Waals surface area contributed by atoms with Crippen LogP contribution in [-0.4, -0.2) is 11.7 Å². The molecule has 0 saturated carbocycles. The molecule has 0 saturated heterocycles. The van der Waals surface area contributed by atoms with E-state index in [1.807, 2.05) is 6.92 Å². The van der Waals surface area contributed by atoms with Gasteiger partial charge in [-0.3, -0.25) is 0 Å². The van der Waals surface area contributed by atoms with Crippen LogP contribution in [0, 0.1) is 18.6 Å². The van der Waals surface area contributed by atoms with E-state index >= 15 is 0 Å². The van der Waals surface area contributed by atoms with Crippen molar-refractivity contribution in [3.8, 4) is 0 Å². The molecule has 0 aliphatic carbocycles. The molecule has 2 atom stereocenters. The van der Waals surface area contributed by atoms with Crippen molar-refractivity contribution < 1.29 is 13.9 Å². The van der Waals surface area contributed by atoms with Crippen molar-refractivity contribution in [2.24, 2.45) is 5.73 Å². The predicted molar refractivity (Wildman–Crippen MR) is 74.3 cm³/mol. The topological polar surface area (TPSA) is 46.2 Å². The molecule has 0 fully saturated rings. The van der Waals surface area contributed by atoms with Gasteiger partial charge in [-0.2, -0.15) is 0 Å². The number of hydrogen-bond acceptors (Lipinski definition) is 2. The molecule has 3 N–H and O–H groups in total. The Morgan fingerprint density at radius 2 is 1.75 bits per heavy atom. The maximum Gasteiger partial charge on any atom is 0.129 e. The van der Waals surface area contributed by atoms with Crippen LogP contribution in [0.25, 0.3) is 0 Å². The van der Waals surface area contributed by atoms with Crippen molar-refractivity contribution in [1.29, 1.82) is 0 Å².